The molecule has 1 atom stereocenters. The Morgan fingerprint density at radius 2 is 2.04 bits per heavy atom. The van der Waals surface area contributed by atoms with Crippen molar-refractivity contribution in [1.82, 2.24) is 5.32 Å². The van der Waals surface area contributed by atoms with Crippen molar-refractivity contribution in [3.8, 4) is 0 Å². The van der Waals surface area contributed by atoms with Crippen molar-refractivity contribution in [2.75, 3.05) is 17.1 Å². The standard InChI is InChI=1S/C18H28N2O3S/c1-4-5-6-7-8-14(2)19-18(21)16-9-10-17-15(13-16)11-12-20(17)24(3,22)23/h9-10,13-14H,4-8,11-12H2,1-3H3,(H,19,21). The van der Waals surface area contributed by atoms with Gasteiger partial charge < -0.3 is 5.32 Å². The summed E-state index contributed by atoms with van der Waals surface area (Å²) in [6.45, 7) is 4.67. The van der Waals surface area contributed by atoms with Crippen LogP contribution in [0.25, 0.3) is 0 Å². The van der Waals surface area contributed by atoms with Crippen LogP contribution in [-0.4, -0.2) is 33.2 Å². The smallest absolute Gasteiger partial charge is 0.251 e. The molecule has 1 aliphatic rings. The van der Waals surface area contributed by atoms with Crippen LogP contribution in [-0.2, 0) is 16.4 Å². The number of carbonyl (C=O) groups excluding carboxylic acids is 1. The number of nitrogens with zero attached hydrogens (tertiary/aromatic N) is 1. The Morgan fingerprint density at radius 1 is 1.29 bits per heavy atom. The SMILES string of the molecule is CCCCCCC(C)NC(=O)c1ccc2c(c1)CCN2S(C)(=O)=O. The van der Waals surface area contributed by atoms with Gasteiger partial charge in [-0.3, -0.25) is 9.10 Å². The van der Waals surface area contributed by atoms with Crippen molar-refractivity contribution < 1.29 is 13.2 Å². The first-order chi connectivity index (χ1) is 11.3. The number of sulfonamides is 1. The van der Waals surface area contributed by atoms with E-state index in [4.69, 9.17) is 0 Å². The first kappa shape index (κ1) is 18.8. The van der Waals surface area contributed by atoms with Gasteiger partial charge in [-0.2, -0.15) is 0 Å². The van der Waals surface area contributed by atoms with Crippen LogP contribution < -0.4 is 9.62 Å². The third-order valence-electron chi connectivity index (χ3n) is 4.46. The topological polar surface area (TPSA) is 66.5 Å². The molecule has 1 aromatic carbocycles. The Hall–Kier alpha value is -1.56. The molecule has 0 spiro atoms. The van der Waals surface area contributed by atoms with Crippen LogP contribution in [0.4, 0.5) is 5.69 Å². The number of hydrogen-bond acceptors (Lipinski definition) is 3. The van der Waals surface area contributed by atoms with Gasteiger partial charge in [0.15, 0.2) is 0 Å². The van der Waals surface area contributed by atoms with Gasteiger partial charge >= 0.3 is 0 Å². The largest absolute Gasteiger partial charge is 0.350 e. The first-order valence-electron chi connectivity index (χ1n) is 8.74. The summed E-state index contributed by atoms with van der Waals surface area (Å²) in [6.07, 6.45) is 7.62. The molecule has 1 unspecified atom stereocenters. The van der Waals surface area contributed by atoms with Crippen LogP contribution in [0.5, 0.6) is 0 Å². The third-order valence-corrected chi connectivity index (χ3v) is 5.64. The molecule has 24 heavy (non-hydrogen) atoms. The lowest BCUT2D eigenvalue weighted by Crippen LogP contribution is -2.32. The quantitative estimate of drug-likeness (QED) is 0.731. The third kappa shape index (κ3) is 4.72. The Morgan fingerprint density at radius 3 is 2.71 bits per heavy atom. The minimum absolute atomic E-state index is 0.0846. The number of anilines is 1. The van der Waals surface area contributed by atoms with Crippen LogP contribution in [0.1, 0.15) is 61.9 Å². The molecule has 0 aliphatic carbocycles. The molecule has 1 aromatic rings. The van der Waals surface area contributed by atoms with E-state index in [0.717, 1.165) is 18.4 Å². The van der Waals surface area contributed by atoms with Crippen LogP contribution in [0.3, 0.4) is 0 Å². The lowest BCUT2D eigenvalue weighted by Gasteiger charge is -2.17. The van der Waals surface area contributed by atoms with Gasteiger partial charge in [0, 0.05) is 18.2 Å². The monoisotopic (exact) mass is 352 g/mol. The molecule has 134 valence electrons. The molecule has 0 radical (unpaired) electrons. The van der Waals surface area contributed by atoms with Crippen molar-refractivity contribution >= 4 is 21.6 Å². The molecule has 0 aromatic heterocycles. The zero-order valence-corrected chi connectivity index (χ0v) is 15.7. The van der Waals surface area contributed by atoms with Crippen molar-refractivity contribution in [3.63, 3.8) is 0 Å². The van der Waals surface area contributed by atoms with Gasteiger partial charge in [-0.1, -0.05) is 32.6 Å². The summed E-state index contributed by atoms with van der Waals surface area (Å²) < 4.78 is 24.9. The molecule has 0 saturated carbocycles. The molecule has 0 saturated heterocycles. The zero-order valence-electron chi connectivity index (χ0n) is 14.8. The fourth-order valence-corrected chi connectivity index (χ4v) is 4.07. The van der Waals surface area contributed by atoms with Gasteiger partial charge in [0.25, 0.3) is 5.91 Å². The first-order valence-corrected chi connectivity index (χ1v) is 10.6. The Bertz CT molecular complexity index is 686. The van der Waals surface area contributed by atoms with Crippen LogP contribution in [0.15, 0.2) is 18.2 Å². The zero-order chi connectivity index (χ0) is 17.7. The van der Waals surface area contributed by atoms with E-state index in [1.165, 1.54) is 29.8 Å². The number of carbonyl (C=O) groups is 1. The average Bonchev–Trinajstić information content (AvgIpc) is 2.94. The van der Waals surface area contributed by atoms with E-state index in [1.807, 2.05) is 13.0 Å². The second kappa shape index (κ2) is 8.01. The van der Waals surface area contributed by atoms with Crippen LogP contribution in [0, 0.1) is 0 Å². The second-order valence-corrected chi connectivity index (χ2v) is 8.56. The van der Waals surface area contributed by atoms with Gasteiger partial charge in [0.1, 0.15) is 0 Å². The van der Waals surface area contributed by atoms with Gasteiger partial charge in [0.05, 0.1) is 11.9 Å². The van der Waals surface area contributed by atoms with Crippen molar-refractivity contribution in [2.24, 2.45) is 0 Å². The number of benzene rings is 1. The number of unbranched alkanes of at least 4 members (excludes halogenated alkanes) is 3. The molecule has 1 amide bonds. The maximum atomic E-state index is 12.4. The molecule has 1 N–H and O–H groups in total. The van der Waals surface area contributed by atoms with E-state index < -0.39 is 10.0 Å². The molecule has 1 heterocycles. The molecule has 5 nitrogen and oxygen atoms in total. The molecule has 2 rings (SSSR count). The van der Waals surface area contributed by atoms with Gasteiger partial charge in [-0.15, -0.1) is 0 Å². The van der Waals surface area contributed by atoms with Crippen molar-refractivity contribution in [1.29, 1.82) is 0 Å². The maximum Gasteiger partial charge on any atom is 0.251 e. The summed E-state index contributed by atoms with van der Waals surface area (Å²) >= 11 is 0. The van der Waals surface area contributed by atoms with E-state index in [2.05, 4.69) is 12.2 Å². The van der Waals surface area contributed by atoms with Gasteiger partial charge in [-0.05, 0) is 43.5 Å². The normalized spacial score (nSPS) is 15.2. The summed E-state index contributed by atoms with van der Waals surface area (Å²) in [7, 11) is -3.25. The second-order valence-electron chi connectivity index (χ2n) is 6.65. The number of amides is 1. The Labute approximate surface area is 145 Å². The van der Waals surface area contributed by atoms with Crippen LogP contribution >= 0.6 is 0 Å². The Kier molecular flexibility index (Phi) is 6.27. The summed E-state index contributed by atoms with van der Waals surface area (Å²) in [6, 6.07) is 5.42. The number of hydrogen-bond donors (Lipinski definition) is 1. The van der Waals surface area contributed by atoms with Crippen molar-refractivity contribution in [3.05, 3.63) is 29.3 Å². The number of fused-ring (bicyclic) bond motifs is 1. The predicted molar refractivity (Wildman–Crippen MR) is 98.0 cm³/mol. The Balaban J connectivity index is 1.97. The van der Waals surface area contributed by atoms with E-state index in [0.29, 0.717) is 24.2 Å². The highest BCUT2D eigenvalue weighted by atomic mass is 32.2. The predicted octanol–water partition coefficient (Wildman–Crippen LogP) is 3.10. The minimum Gasteiger partial charge on any atom is -0.350 e. The summed E-state index contributed by atoms with van der Waals surface area (Å²) in [5.41, 5.74) is 2.22. The minimum atomic E-state index is -3.25. The fraction of sp³-hybridized carbons (Fsp3) is 0.611. The van der Waals surface area contributed by atoms with Crippen molar-refractivity contribution in [2.45, 2.75) is 58.4 Å². The summed E-state index contributed by atoms with van der Waals surface area (Å²) in [5, 5.41) is 3.03. The highest BCUT2D eigenvalue weighted by molar-refractivity contribution is 7.92. The highest BCUT2D eigenvalue weighted by Crippen LogP contribution is 2.30. The summed E-state index contributed by atoms with van der Waals surface area (Å²) in [4.78, 5) is 12.4. The van der Waals surface area contributed by atoms with Gasteiger partial charge in [0.2, 0.25) is 10.0 Å². The molecule has 0 bridgehead atoms. The average molecular weight is 353 g/mol. The molecule has 6 heteroatoms. The number of rotatable bonds is 8. The molecule has 1 aliphatic heterocycles. The fourth-order valence-electron chi connectivity index (χ4n) is 3.11. The van der Waals surface area contributed by atoms with Crippen LogP contribution in [0.2, 0.25) is 0 Å². The lowest BCUT2D eigenvalue weighted by atomic mass is 10.1. The van der Waals surface area contributed by atoms with E-state index in [9.17, 15) is 13.2 Å². The van der Waals surface area contributed by atoms with E-state index >= 15 is 0 Å². The summed E-state index contributed by atoms with van der Waals surface area (Å²) in [5.74, 6) is -0.0846. The molecular formula is C18H28N2O3S. The van der Waals surface area contributed by atoms with E-state index in [-0.39, 0.29) is 11.9 Å². The molecule has 0 fully saturated rings. The van der Waals surface area contributed by atoms with Gasteiger partial charge in [-0.25, -0.2) is 8.42 Å². The van der Waals surface area contributed by atoms with E-state index in [1.54, 1.807) is 12.1 Å². The maximum absolute atomic E-state index is 12.4. The lowest BCUT2D eigenvalue weighted by molar-refractivity contribution is 0.0938. The molecular weight excluding hydrogens is 324 g/mol. The number of nitrogens with one attached hydrogen (secondary N) is 1. The highest BCUT2D eigenvalue weighted by Gasteiger charge is 2.26.